The van der Waals surface area contributed by atoms with Crippen molar-refractivity contribution in [3.8, 4) is 11.3 Å². The van der Waals surface area contributed by atoms with Gasteiger partial charge in [-0.3, -0.25) is 14.8 Å². The highest BCUT2D eigenvalue weighted by atomic mass is 32.2. The van der Waals surface area contributed by atoms with Gasteiger partial charge in [0.25, 0.3) is 0 Å². The number of amides is 1. The van der Waals surface area contributed by atoms with Crippen molar-refractivity contribution in [3.63, 3.8) is 0 Å². The number of nitrogens with one attached hydrogen (secondary N) is 2. The number of carbonyl (C=O) groups is 1. The molecule has 10 heteroatoms. The number of aromatic nitrogens is 3. The Hall–Kier alpha value is -3.24. The molecule has 4 aromatic rings. The van der Waals surface area contributed by atoms with Crippen molar-refractivity contribution in [1.82, 2.24) is 14.8 Å². The van der Waals surface area contributed by atoms with Crippen LogP contribution in [-0.4, -0.2) is 35.3 Å². The zero-order chi connectivity index (χ0) is 20.4. The minimum Gasteiger partial charge on any atom is -0.331 e. The van der Waals surface area contributed by atoms with E-state index >= 15 is 0 Å². The van der Waals surface area contributed by atoms with E-state index in [-0.39, 0.29) is 22.7 Å². The Labute approximate surface area is 171 Å². The molecule has 0 aliphatic heterocycles. The van der Waals surface area contributed by atoms with Crippen LogP contribution in [0, 0.1) is 0 Å². The zero-order valence-electron chi connectivity index (χ0n) is 15.4. The van der Waals surface area contributed by atoms with Gasteiger partial charge in [-0.2, -0.15) is 0 Å². The SMILES string of the molecule is CS(=O)(=O)Nc1nnc(NC(=O)Cn2c(-c3ccccc3)cc3ccccc32)s1. The maximum atomic E-state index is 12.7. The first-order valence-corrected chi connectivity index (χ1v) is 11.3. The molecule has 0 saturated heterocycles. The van der Waals surface area contributed by atoms with Crippen molar-refractivity contribution < 1.29 is 13.2 Å². The van der Waals surface area contributed by atoms with Crippen molar-refractivity contribution in [2.45, 2.75) is 6.54 Å². The minimum absolute atomic E-state index is 0.0756. The van der Waals surface area contributed by atoms with Gasteiger partial charge in [-0.05, 0) is 17.7 Å². The van der Waals surface area contributed by atoms with Crippen molar-refractivity contribution >= 4 is 48.4 Å². The first-order chi connectivity index (χ1) is 13.9. The standard InChI is InChI=1S/C19H17N5O3S2/c1-29(26,27)23-19-22-21-18(28-19)20-17(25)12-24-15-10-6-5-9-14(15)11-16(24)13-7-3-2-4-8-13/h2-11H,12H2,1H3,(H,22,23)(H,20,21,25). The second-order valence-electron chi connectivity index (χ2n) is 6.38. The monoisotopic (exact) mass is 427 g/mol. The van der Waals surface area contributed by atoms with Gasteiger partial charge in [-0.1, -0.05) is 59.9 Å². The quantitative estimate of drug-likeness (QED) is 0.492. The summed E-state index contributed by atoms with van der Waals surface area (Å²) in [5.74, 6) is -0.286. The summed E-state index contributed by atoms with van der Waals surface area (Å²) < 4.78 is 26.7. The van der Waals surface area contributed by atoms with Crippen LogP contribution in [0.2, 0.25) is 0 Å². The van der Waals surface area contributed by atoms with Crippen LogP contribution in [0.5, 0.6) is 0 Å². The average Bonchev–Trinajstić information content (AvgIpc) is 3.25. The number of carbonyl (C=O) groups excluding carboxylic acids is 1. The van der Waals surface area contributed by atoms with E-state index in [4.69, 9.17) is 0 Å². The lowest BCUT2D eigenvalue weighted by atomic mass is 10.1. The van der Waals surface area contributed by atoms with E-state index in [2.05, 4.69) is 26.3 Å². The molecule has 2 aromatic heterocycles. The van der Waals surface area contributed by atoms with Crippen molar-refractivity contribution in [2.24, 2.45) is 0 Å². The molecule has 0 fully saturated rings. The molecule has 0 aliphatic carbocycles. The molecule has 8 nitrogen and oxygen atoms in total. The molecule has 2 heterocycles. The van der Waals surface area contributed by atoms with E-state index in [1.54, 1.807) is 0 Å². The van der Waals surface area contributed by atoms with Gasteiger partial charge in [-0.15, -0.1) is 10.2 Å². The first kappa shape index (κ1) is 19.1. The topological polar surface area (TPSA) is 106 Å². The Morgan fingerprint density at radius 3 is 2.48 bits per heavy atom. The third-order valence-electron chi connectivity index (χ3n) is 4.13. The van der Waals surface area contributed by atoms with Crippen LogP contribution < -0.4 is 10.0 Å². The number of fused-ring (bicyclic) bond motifs is 1. The first-order valence-electron chi connectivity index (χ1n) is 8.64. The van der Waals surface area contributed by atoms with E-state index < -0.39 is 10.0 Å². The van der Waals surface area contributed by atoms with Crippen molar-refractivity contribution in [3.05, 3.63) is 60.7 Å². The third-order valence-corrected chi connectivity index (χ3v) is 5.57. The lowest BCUT2D eigenvalue weighted by Crippen LogP contribution is -2.19. The smallest absolute Gasteiger partial charge is 0.246 e. The highest BCUT2D eigenvalue weighted by Gasteiger charge is 2.15. The van der Waals surface area contributed by atoms with Crippen LogP contribution in [-0.2, 0) is 21.4 Å². The van der Waals surface area contributed by atoms with Crippen LogP contribution in [0.25, 0.3) is 22.2 Å². The predicted molar refractivity (Wildman–Crippen MR) is 114 cm³/mol. The van der Waals surface area contributed by atoms with E-state index in [9.17, 15) is 13.2 Å². The number of hydrogen-bond acceptors (Lipinski definition) is 6. The number of hydrogen-bond donors (Lipinski definition) is 2. The van der Waals surface area contributed by atoms with Crippen LogP contribution in [0.1, 0.15) is 0 Å². The summed E-state index contributed by atoms with van der Waals surface area (Å²) in [4.78, 5) is 12.7. The van der Waals surface area contributed by atoms with Gasteiger partial charge in [-0.25, -0.2) is 8.42 Å². The molecular formula is C19H17N5O3S2. The molecule has 0 saturated carbocycles. The second-order valence-corrected chi connectivity index (χ2v) is 9.10. The van der Waals surface area contributed by atoms with E-state index in [1.807, 2.05) is 59.2 Å². The van der Waals surface area contributed by atoms with Crippen LogP contribution >= 0.6 is 11.3 Å². The van der Waals surface area contributed by atoms with Gasteiger partial charge in [0, 0.05) is 16.6 Å². The van der Waals surface area contributed by atoms with Crippen LogP contribution in [0.15, 0.2) is 60.7 Å². The molecule has 29 heavy (non-hydrogen) atoms. The van der Waals surface area contributed by atoms with Crippen molar-refractivity contribution in [1.29, 1.82) is 0 Å². The number of benzene rings is 2. The summed E-state index contributed by atoms with van der Waals surface area (Å²) in [6.07, 6.45) is 1.02. The molecule has 1 amide bonds. The normalized spacial score (nSPS) is 11.5. The Bertz CT molecular complexity index is 1280. The highest BCUT2D eigenvalue weighted by molar-refractivity contribution is 7.92. The maximum Gasteiger partial charge on any atom is 0.246 e. The van der Waals surface area contributed by atoms with Crippen molar-refractivity contribution in [2.75, 3.05) is 16.3 Å². The summed E-state index contributed by atoms with van der Waals surface area (Å²) in [5, 5.41) is 11.6. The number of para-hydroxylation sites is 1. The Morgan fingerprint density at radius 1 is 1.03 bits per heavy atom. The van der Waals surface area contributed by atoms with Gasteiger partial charge in [0.2, 0.25) is 26.2 Å². The molecule has 0 spiro atoms. The maximum absolute atomic E-state index is 12.7. The molecule has 4 rings (SSSR count). The third kappa shape index (κ3) is 4.44. The Morgan fingerprint density at radius 2 is 1.72 bits per heavy atom. The summed E-state index contributed by atoms with van der Waals surface area (Å²) >= 11 is 0.951. The number of rotatable bonds is 6. The van der Waals surface area contributed by atoms with Gasteiger partial charge < -0.3 is 4.57 Å². The molecule has 0 unspecified atom stereocenters. The van der Waals surface area contributed by atoms with E-state index in [0.29, 0.717) is 0 Å². The van der Waals surface area contributed by atoms with Gasteiger partial charge in [0.05, 0.1) is 6.26 Å². The molecule has 0 bridgehead atoms. The molecule has 0 atom stereocenters. The van der Waals surface area contributed by atoms with Gasteiger partial charge in [0.1, 0.15) is 6.54 Å². The summed E-state index contributed by atoms with van der Waals surface area (Å²) in [6, 6.07) is 19.8. The fraction of sp³-hybridized carbons (Fsp3) is 0.105. The molecular weight excluding hydrogens is 410 g/mol. The zero-order valence-corrected chi connectivity index (χ0v) is 17.0. The average molecular weight is 428 g/mol. The highest BCUT2D eigenvalue weighted by Crippen LogP contribution is 2.28. The van der Waals surface area contributed by atoms with Crippen LogP contribution in [0.3, 0.4) is 0 Å². The number of nitrogens with zero attached hydrogens (tertiary/aromatic N) is 3. The molecule has 148 valence electrons. The molecule has 2 aromatic carbocycles. The summed E-state index contributed by atoms with van der Waals surface area (Å²) in [6.45, 7) is 0.0756. The van der Waals surface area contributed by atoms with E-state index in [0.717, 1.165) is 39.8 Å². The van der Waals surface area contributed by atoms with Crippen LogP contribution in [0.4, 0.5) is 10.3 Å². The summed E-state index contributed by atoms with van der Waals surface area (Å²) in [5.41, 5.74) is 2.88. The fourth-order valence-corrected chi connectivity index (χ4v) is 4.49. The number of anilines is 2. The van der Waals surface area contributed by atoms with Gasteiger partial charge in [0.15, 0.2) is 0 Å². The van der Waals surface area contributed by atoms with Gasteiger partial charge >= 0.3 is 0 Å². The molecule has 2 N–H and O–H groups in total. The lowest BCUT2D eigenvalue weighted by molar-refractivity contribution is -0.116. The largest absolute Gasteiger partial charge is 0.331 e. The second kappa shape index (κ2) is 7.64. The minimum atomic E-state index is -3.45. The molecule has 0 aliphatic rings. The van der Waals surface area contributed by atoms with E-state index in [1.165, 1.54) is 0 Å². The summed E-state index contributed by atoms with van der Waals surface area (Å²) in [7, 11) is -3.45. The molecule has 0 radical (unpaired) electrons. The predicted octanol–water partition coefficient (Wildman–Crippen LogP) is 3.17. The Balaban J connectivity index is 1.60. The Kier molecular flexibility index (Phi) is 5.03. The fourth-order valence-electron chi connectivity index (χ4n) is 3.00. The lowest BCUT2D eigenvalue weighted by Gasteiger charge is -2.10. The number of sulfonamides is 1.